The van der Waals surface area contributed by atoms with E-state index in [1.54, 1.807) is 12.1 Å². The Bertz CT molecular complexity index is 986. The number of carbonyl (C=O) groups is 1. The zero-order valence-corrected chi connectivity index (χ0v) is 15.2. The fraction of sp³-hybridized carbons (Fsp3) is 0.316. The third-order valence-electron chi connectivity index (χ3n) is 4.62. The van der Waals surface area contributed by atoms with Gasteiger partial charge in [0.25, 0.3) is 5.89 Å². The Morgan fingerprint density at radius 1 is 1.15 bits per heavy atom. The lowest BCUT2D eigenvalue weighted by atomic mass is 9.99. The van der Waals surface area contributed by atoms with E-state index in [2.05, 4.69) is 10.1 Å². The lowest BCUT2D eigenvalue weighted by Gasteiger charge is -2.08. The Labute approximate surface area is 158 Å². The molecule has 0 bridgehead atoms. The number of nitrogens with zero attached hydrogens (tertiary/aromatic N) is 2. The summed E-state index contributed by atoms with van der Waals surface area (Å²) >= 11 is 1.53. The summed E-state index contributed by atoms with van der Waals surface area (Å²) in [7, 11) is 0. The quantitative estimate of drug-likeness (QED) is 0.633. The molecule has 27 heavy (non-hydrogen) atoms. The minimum absolute atomic E-state index is 0.0566. The molecule has 2 aromatic heterocycles. The lowest BCUT2D eigenvalue weighted by Crippen LogP contribution is -2.03. The van der Waals surface area contributed by atoms with Crippen molar-refractivity contribution in [3.8, 4) is 22.9 Å². The predicted octanol–water partition coefficient (Wildman–Crippen LogP) is 3.76. The number of hydrogen-bond acceptors (Lipinski definition) is 8. The molecule has 2 aliphatic rings. The van der Waals surface area contributed by atoms with E-state index in [1.165, 1.54) is 34.6 Å². The third kappa shape index (κ3) is 3.16. The van der Waals surface area contributed by atoms with Crippen molar-refractivity contribution in [2.45, 2.75) is 32.3 Å². The SMILES string of the molecule is O=C(OCc1nc(-c2ccc3c(c2)OCO3)no1)c1cc2c(s1)CCCC2. The van der Waals surface area contributed by atoms with E-state index in [-0.39, 0.29) is 25.3 Å². The highest BCUT2D eigenvalue weighted by Gasteiger charge is 2.20. The molecule has 1 aliphatic carbocycles. The summed E-state index contributed by atoms with van der Waals surface area (Å²) in [6.07, 6.45) is 4.47. The maximum absolute atomic E-state index is 12.3. The summed E-state index contributed by atoms with van der Waals surface area (Å²) in [4.78, 5) is 18.5. The third-order valence-corrected chi connectivity index (χ3v) is 5.84. The number of carbonyl (C=O) groups excluding carboxylic acids is 1. The van der Waals surface area contributed by atoms with Gasteiger partial charge >= 0.3 is 5.97 Å². The number of esters is 1. The minimum atomic E-state index is -0.350. The molecule has 0 radical (unpaired) electrons. The maximum atomic E-state index is 12.3. The highest BCUT2D eigenvalue weighted by molar-refractivity contribution is 7.14. The van der Waals surface area contributed by atoms with Crippen LogP contribution in [-0.2, 0) is 24.2 Å². The molecule has 8 heteroatoms. The number of benzene rings is 1. The molecule has 0 unspecified atom stereocenters. The van der Waals surface area contributed by atoms with Crippen LogP contribution < -0.4 is 9.47 Å². The number of aryl methyl sites for hydroxylation is 2. The van der Waals surface area contributed by atoms with Gasteiger partial charge in [-0.15, -0.1) is 11.3 Å². The second kappa shape index (κ2) is 6.70. The number of ether oxygens (including phenoxy) is 3. The summed E-state index contributed by atoms with van der Waals surface area (Å²) in [6.45, 7) is 0.150. The molecular formula is C19H16N2O5S. The Kier molecular flexibility index (Phi) is 4.05. The fourth-order valence-electron chi connectivity index (χ4n) is 3.26. The van der Waals surface area contributed by atoms with Crippen molar-refractivity contribution in [1.82, 2.24) is 10.1 Å². The standard InChI is InChI=1S/C19H16N2O5S/c22-19(16-8-11-3-1-2-4-15(11)27-16)23-9-17-20-18(21-26-17)12-5-6-13-14(7-12)25-10-24-13/h5-8H,1-4,9-10H2. The van der Waals surface area contributed by atoms with Gasteiger partial charge in [-0.3, -0.25) is 0 Å². The van der Waals surface area contributed by atoms with E-state index in [1.807, 2.05) is 12.1 Å². The highest BCUT2D eigenvalue weighted by atomic mass is 32.1. The number of fused-ring (bicyclic) bond motifs is 2. The number of rotatable bonds is 4. The van der Waals surface area contributed by atoms with Crippen LogP contribution in [0.4, 0.5) is 0 Å². The molecule has 0 N–H and O–H groups in total. The van der Waals surface area contributed by atoms with Gasteiger partial charge in [0, 0.05) is 10.4 Å². The molecule has 0 amide bonds. The predicted molar refractivity (Wildman–Crippen MR) is 95.9 cm³/mol. The Morgan fingerprint density at radius 2 is 2.04 bits per heavy atom. The summed E-state index contributed by atoms with van der Waals surface area (Å²) < 4.78 is 21.2. The van der Waals surface area contributed by atoms with Gasteiger partial charge in [-0.05, 0) is 55.5 Å². The largest absolute Gasteiger partial charge is 0.454 e. The highest BCUT2D eigenvalue weighted by Crippen LogP contribution is 2.35. The summed E-state index contributed by atoms with van der Waals surface area (Å²) in [5.74, 6) is 1.64. The van der Waals surface area contributed by atoms with Crippen LogP contribution in [0.3, 0.4) is 0 Å². The first kappa shape index (κ1) is 16.3. The average Bonchev–Trinajstić information content (AvgIpc) is 3.44. The summed E-state index contributed by atoms with van der Waals surface area (Å²) in [6, 6.07) is 7.36. The molecule has 0 saturated carbocycles. The number of aromatic nitrogens is 2. The molecule has 1 aliphatic heterocycles. The first-order valence-electron chi connectivity index (χ1n) is 8.77. The smallest absolute Gasteiger partial charge is 0.348 e. The van der Waals surface area contributed by atoms with Gasteiger partial charge in [-0.25, -0.2) is 4.79 Å². The van der Waals surface area contributed by atoms with E-state index >= 15 is 0 Å². The van der Waals surface area contributed by atoms with Crippen molar-refractivity contribution in [2.24, 2.45) is 0 Å². The average molecular weight is 384 g/mol. The van der Waals surface area contributed by atoms with Gasteiger partial charge in [-0.1, -0.05) is 5.16 Å². The van der Waals surface area contributed by atoms with Crippen molar-refractivity contribution >= 4 is 17.3 Å². The zero-order valence-electron chi connectivity index (χ0n) is 14.4. The first-order chi connectivity index (χ1) is 13.3. The van der Waals surface area contributed by atoms with Crippen LogP contribution in [0, 0.1) is 0 Å². The van der Waals surface area contributed by atoms with Crippen molar-refractivity contribution in [2.75, 3.05) is 6.79 Å². The maximum Gasteiger partial charge on any atom is 0.348 e. The Hall–Kier alpha value is -2.87. The minimum Gasteiger partial charge on any atom is -0.454 e. The van der Waals surface area contributed by atoms with Crippen LogP contribution >= 0.6 is 11.3 Å². The normalized spacial score (nSPS) is 14.8. The van der Waals surface area contributed by atoms with Gasteiger partial charge in [-0.2, -0.15) is 4.98 Å². The molecule has 3 heterocycles. The molecule has 138 valence electrons. The van der Waals surface area contributed by atoms with Crippen molar-refractivity contribution in [3.63, 3.8) is 0 Å². The van der Waals surface area contributed by atoms with E-state index in [9.17, 15) is 4.79 Å². The molecule has 7 nitrogen and oxygen atoms in total. The zero-order chi connectivity index (χ0) is 18.2. The van der Waals surface area contributed by atoms with Gasteiger partial charge < -0.3 is 18.7 Å². The van der Waals surface area contributed by atoms with Crippen molar-refractivity contribution in [1.29, 1.82) is 0 Å². The second-order valence-corrected chi connectivity index (χ2v) is 7.56. The number of thiophene rings is 1. The van der Waals surface area contributed by atoms with Gasteiger partial charge in [0.05, 0.1) is 0 Å². The molecule has 0 atom stereocenters. The molecule has 0 fully saturated rings. The van der Waals surface area contributed by atoms with E-state index < -0.39 is 0 Å². The Morgan fingerprint density at radius 3 is 2.96 bits per heavy atom. The van der Waals surface area contributed by atoms with E-state index in [0.29, 0.717) is 22.2 Å². The van der Waals surface area contributed by atoms with Gasteiger partial charge in [0.15, 0.2) is 18.1 Å². The molecule has 1 aromatic carbocycles. The summed E-state index contributed by atoms with van der Waals surface area (Å²) in [5.41, 5.74) is 2.02. The first-order valence-corrected chi connectivity index (χ1v) is 9.59. The van der Waals surface area contributed by atoms with Crippen LogP contribution in [-0.4, -0.2) is 22.9 Å². The summed E-state index contributed by atoms with van der Waals surface area (Å²) in [5, 5.41) is 3.94. The van der Waals surface area contributed by atoms with E-state index in [0.717, 1.165) is 18.4 Å². The topological polar surface area (TPSA) is 83.7 Å². The number of hydrogen-bond donors (Lipinski definition) is 0. The molecule has 3 aromatic rings. The van der Waals surface area contributed by atoms with Crippen LogP contribution in [0.25, 0.3) is 11.4 Å². The van der Waals surface area contributed by atoms with Gasteiger partial charge in [0.2, 0.25) is 12.6 Å². The Balaban J connectivity index is 1.25. The molecule has 0 spiro atoms. The van der Waals surface area contributed by atoms with E-state index in [4.69, 9.17) is 18.7 Å². The second-order valence-electron chi connectivity index (χ2n) is 6.42. The van der Waals surface area contributed by atoms with Crippen LogP contribution in [0.1, 0.15) is 38.8 Å². The molecule has 5 rings (SSSR count). The fourth-order valence-corrected chi connectivity index (χ4v) is 4.40. The molecule has 0 saturated heterocycles. The molecular weight excluding hydrogens is 368 g/mol. The van der Waals surface area contributed by atoms with Crippen molar-refractivity contribution in [3.05, 3.63) is 45.5 Å². The van der Waals surface area contributed by atoms with Crippen LogP contribution in [0.5, 0.6) is 11.5 Å². The van der Waals surface area contributed by atoms with Gasteiger partial charge in [0.1, 0.15) is 4.88 Å². The lowest BCUT2D eigenvalue weighted by molar-refractivity contribution is 0.0435. The van der Waals surface area contributed by atoms with Crippen LogP contribution in [0.2, 0.25) is 0 Å². The monoisotopic (exact) mass is 384 g/mol. The van der Waals surface area contributed by atoms with Crippen molar-refractivity contribution < 1.29 is 23.5 Å². The van der Waals surface area contributed by atoms with Crippen LogP contribution in [0.15, 0.2) is 28.8 Å².